The number of aliphatic hydroxyl groups excluding tert-OH is 1. The van der Waals surface area contributed by atoms with Crippen molar-refractivity contribution in [2.75, 3.05) is 6.61 Å². The maximum atomic E-state index is 13.2. The molecule has 2 aromatic rings. The van der Waals surface area contributed by atoms with E-state index < -0.39 is 11.8 Å². The van der Waals surface area contributed by atoms with E-state index in [1.54, 1.807) is 31.3 Å². The van der Waals surface area contributed by atoms with Crippen molar-refractivity contribution in [1.29, 1.82) is 0 Å². The predicted molar refractivity (Wildman–Crippen MR) is 82.6 cm³/mol. The molecule has 2 rings (SSSR count). The average Bonchev–Trinajstić information content (AvgIpc) is 2.54. The molecule has 2 amide bonds. The number of amides is 2. The van der Waals surface area contributed by atoms with Gasteiger partial charge in [0.05, 0.1) is 12.6 Å². The minimum atomic E-state index is -0.410. The quantitative estimate of drug-likeness (QED) is 0.762. The van der Waals surface area contributed by atoms with Gasteiger partial charge in [0.2, 0.25) is 5.88 Å². The molecule has 0 saturated carbocycles. The third kappa shape index (κ3) is 5.23. The maximum absolute atomic E-state index is 13.2. The zero-order valence-electron chi connectivity index (χ0n) is 12.6. The van der Waals surface area contributed by atoms with Crippen LogP contribution in [0.2, 0.25) is 0 Å². The van der Waals surface area contributed by atoms with Gasteiger partial charge < -0.3 is 20.5 Å². The number of hydrogen-bond donors (Lipinski definition) is 3. The topological polar surface area (TPSA) is 83.5 Å². The number of halogens is 1. The Morgan fingerprint density at radius 2 is 2.22 bits per heavy atom. The van der Waals surface area contributed by atoms with Crippen LogP contribution in [0.1, 0.15) is 12.5 Å². The summed E-state index contributed by atoms with van der Waals surface area (Å²) in [5, 5.41) is 14.1. The lowest BCUT2D eigenvalue weighted by Gasteiger charge is -2.13. The van der Waals surface area contributed by atoms with E-state index in [1.165, 1.54) is 18.2 Å². The van der Waals surface area contributed by atoms with Gasteiger partial charge in [0.25, 0.3) is 0 Å². The van der Waals surface area contributed by atoms with Gasteiger partial charge in [0.15, 0.2) is 0 Å². The predicted octanol–water partition coefficient (Wildman–Crippen LogP) is 2.19. The van der Waals surface area contributed by atoms with Gasteiger partial charge in [-0.05, 0) is 25.1 Å². The van der Waals surface area contributed by atoms with E-state index in [0.29, 0.717) is 11.3 Å². The third-order valence-electron chi connectivity index (χ3n) is 2.95. The number of aliphatic hydroxyl groups is 1. The summed E-state index contributed by atoms with van der Waals surface area (Å²) in [7, 11) is 0. The van der Waals surface area contributed by atoms with E-state index >= 15 is 0 Å². The number of benzene rings is 1. The second-order valence-corrected chi connectivity index (χ2v) is 4.94. The number of nitrogens with one attached hydrogen (secondary N) is 2. The molecule has 7 heteroatoms. The Hall–Kier alpha value is -2.67. The SMILES string of the molecule is CC(CO)NC(=O)NCc1cccnc1Oc1cccc(F)c1. The molecule has 0 bridgehead atoms. The van der Waals surface area contributed by atoms with Crippen LogP contribution in [-0.4, -0.2) is 28.8 Å². The third-order valence-corrected chi connectivity index (χ3v) is 2.95. The molecule has 0 fully saturated rings. The van der Waals surface area contributed by atoms with Gasteiger partial charge in [-0.1, -0.05) is 12.1 Å². The van der Waals surface area contributed by atoms with Crippen LogP contribution in [-0.2, 0) is 6.54 Å². The normalized spacial score (nSPS) is 11.6. The minimum Gasteiger partial charge on any atom is -0.439 e. The van der Waals surface area contributed by atoms with Crippen LogP contribution in [0.4, 0.5) is 9.18 Å². The van der Waals surface area contributed by atoms with E-state index in [4.69, 9.17) is 9.84 Å². The van der Waals surface area contributed by atoms with E-state index in [9.17, 15) is 9.18 Å². The van der Waals surface area contributed by atoms with Gasteiger partial charge in [0, 0.05) is 24.4 Å². The molecule has 0 aliphatic heterocycles. The summed E-state index contributed by atoms with van der Waals surface area (Å²) in [5.74, 6) is 0.201. The number of rotatable bonds is 6. The number of pyridine rings is 1. The first kappa shape index (κ1) is 16.7. The Labute approximate surface area is 133 Å². The van der Waals surface area contributed by atoms with Gasteiger partial charge >= 0.3 is 6.03 Å². The van der Waals surface area contributed by atoms with Crippen LogP contribution in [0, 0.1) is 5.82 Å². The van der Waals surface area contributed by atoms with E-state index in [-0.39, 0.29) is 25.1 Å². The molecule has 23 heavy (non-hydrogen) atoms. The molecule has 3 N–H and O–H groups in total. The molecule has 1 atom stereocenters. The molecule has 122 valence electrons. The summed E-state index contributed by atoms with van der Waals surface area (Å²) in [4.78, 5) is 15.8. The average molecular weight is 319 g/mol. The molecule has 1 heterocycles. The van der Waals surface area contributed by atoms with Crippen molar-refractivity contribution < 1.29 is 19.0 Å². The second kappa shape index (κ2) is 8.09. The van der Waals surface area contributed by atoms with Gasteiger partial charge in [-0.3, -0.25) is 0 Å². The fourth-order valence-electron chi connectivity index (χ4n) is 1.79. The highest BCUT2D eigenvalue weighted by Gasteiger charge is 2.10. The first-order valence-electron chi connectivity index (χ1n) is 7.11. The van der Waals surface area contributed by atoms with Crippen molar-refractivity contribution in [3.63, 3.8) is 0 Å². The Morgan fingerprint density at radius 1 is 1.39 bits per heavy atom. The maximum Gasteiger partial charge on any atom is 0.315 e. The molecule has 1 unspecified atom stereocenters. The highest BCUT2D eigenvalue weighted by atomic mass is 19.1. The molecular formula is C16H18FN3O3. The van der Waals surface area contributed by atoms with Gasteiger partial charge in [-0.2, -0.15) is 0 Å². The van der Waals surface area contributed by atoms with Crippen LogP contribution in [0.5, 0.6) is 11.6 Å². The number of ether oxygens (including phenoxy) is 1. The van der Waals surface area contributed by atoms with E-state index in [0.717, 1.165) is 0 Å². The summed E-state index contributed by atoms with van der Waals surface area (Å²) in [5.41, 5.74) is 0.642. The smallest absolute Gasteiger partial charge is 0.315 e. The van der Waals surface area contributed by atoms with Crippen LogP contribution < -0.4 is 15.4 Å². The van der Waals surface area contributed by atoms with Crippen molar-refractivity contribution in [3.8, 4) is 11.6 Å². The first-order chi connectivity index (χ1) is 11.1. The summed E-state index contributed by atoms with van der Waals surface area (Å²) in [6, 6.07) is 8.43. The Bertz CT molecular complexity index is 667. The van der Waals surface area contributed by atoms with E-state index in [2.05, 4.69) is 15.6 Å². The molecule has 0 saturated heterocycles. The zero-order valence-corrected chi connectivity index (χ0v) is 12.6. The van der Waals surface area contributed by atoms with Gasteiger partial charge in [0.1, 0.15) is 11.6 Å². The Morgan fingerprint density at radius 3 is 2.96 bits per heavy atom. The Kier molecular flexibility index (Phi) is 5.87. The zero-order chi connectivity index (χ0) is 16.7. The molecule has 1 aromatic carbocycles. The highest BCUT2D eigenvalue weighted by Crippen LogP contribution is 2.23. The van der Waals surface area contributed by atoms with Crippen LogP contribution in [0.15, 0.2) is 42.6 Å². The lowest BCUT2D eigenvalue weighted by molar-refractivity contribution is 0.220. The number of hydrogen-bond acceptors (Lipinski definition) is 4. The molecule has 0 aliphatic carbocycles. The molecule has 0 radical (unpaired) electrons. The Balaban J connectivity index is 2.01. The number of carbonyl (C=O) groups is 1. The molecular weight excluding hydrogens is 301 g/mol. The second-order valence-electron chi connectivity index (χ2n) is 4.94. The summed E-state index contributed by atoms with van der Waals surface area (Å²) >= 11 is 0. The van der Waals surface area contributed by atoms with Gasteiger partial charge in [-0.15, -0.1) is 0 Å². The monoisotopic (exact) mass is 319 g/mol. The van der Waals surface area contributed by atoms with Crippen LogP contribution in [0.3, 0.4) is 0 Å². The van der Waals surface area contributed by atoms with Crippen molar-refractivity contribution >= 4 is 6.03 Å². The first-order valence-corrected chi connectivity index (χ1v) is 7.11. The van der Waals surface area contributed by atoms with Crippen molar-refractivity contribution in [3.05, 3.63) is 54.0 Å². The summed E-state index contributed by atoms with van der Waals surface area (Å²) < 4.78 is 18.8. The van der Waals surface area contributed by atoms with Crippen molar-refractivity contribution in [1.82, 2.24) is 15.6 Å². The molecule has 0 spiro atoms. The number of carbonyl (C=O) groups excluding carboxylic acids is 1. The lowest BCUT2D eigenvalue weighted by atomic mass is 10.2. The summed E-state index contributed by atoms with van der Waals surface area (Å²) in [6.45, 7) is 1.72. The fourth-order valence-corrected chi connectivity index (χ4v) is 1.79. The van der Waals surface area contributed by atoms with E-state index in [1.807, 2.05) is 0 Å². The largest absolute Gasteiger partial charge is 0.439 e. The molecule has 6 nitrogen and oxygen atoms in total. The number of urea groups is 1. The highest BCUT2D eigenvalue weighted by molar-refractivity contribution is 5.74. The van der Waals surface area contributed by atoms with Crippen LogP contribution in [0.25, 0.3) is 0 Å². The van der Waals surface area contributed by atoms with Crippen molar-refractivity contribution in [2.45, 2.75) is 19.5 Å². The standard InChI is InChI=1S/C16H18FN3O3/c1-11(10-21)20-16(22)19-9-12-4-3-7-18-15(12)23-14-6-2-5-13(17)8-14/h2-8,11,21H,9-10H2,1H3,(H2,19,20,22). The fraction of sp³-hybridized carbons (Fsp3) is 0.250. The van der Waals surface area contributed by atoms with Crippen LogP contribution >= 0.6 is 0 Å². The lowest BCUT2D eigenvalue weighted by Crippen LogP contribution is -2.42. The minimum absolute atomic E-state index is 0.145. The summed E-state index contributed by atoms with van der Waals surface area (Å²) in [6.07, 6.45) is 1.55. The van der Waals surface area contributed by atoms with Gasteiger partial charge in [-0.25, -0.2) is 14.2 Å². The van der Waals surface area contributed by atoms with Crippen molar-refractivity contribution in [2.24, 2.45) is 0 Å². The molecule has 1 aromatic heterocycles. The number of nitrogens with zero attached hydrogens (tertiary/aromatic N) is 1. The number of aromatic nitrogens is 1. The molecule has 0 aliphatic rings.